The number of anilines is 1. The number of rotatable bonds is 4. The van der Waals surface area contributed by atoms with Crippen LogP contribution >= 0.6 is 0 Å². The van der Waals surface area contributed by atoms with Crippen molar-refractivity contribution in [3.8, 4) is 0 Å². The van der Waals surface area contributed by atoms with E-state index in [1.54, 1.807) is 0 Å². The molecular weight excluding hydrogens is 220 g/mol. The monoisotopic (exact) mass is 246 g/mol. The molecule has 0 amide bonds. The van der Waals surface area contributed by atoms with Crippen LogP contribution in [0.1, 0.15) is 38.7 Å². The standard InChI is InChI=1S/C16H26N2/c1-3-7-14-8-5-6-9-16(14)18-12-10-15(4-2)17-11-13-18/h5-6,8-9,15,17H,3-4,7,10-13H2,1-2H3. The lowest BCUT2D eigenvalue weighted by molar-refractivity contribution is 0.510. The van der Waals surface area contributed by atoms with Gasteiger partial charge in [0.1, 0.15) is 0 Å². The molecule has 2 nitrogen and oxygen atoms in total. The number of hydrogen-bond donors (Lipinski definition) is 1. The number of nitrogens with one attached hydrogen (secondary N) is 1. The lowest BCUT2D eigenvalue weighted by Crippen LogP contribution is -2.30. The molecule has 0 radical (unpaired) electrons. The summed E-state index contributed by atoms with van der Waals surface area (Å²) in [5, 5.41) is 3.64. The molecule has 1 fully saturated rings. The normalized spacial score (nSPS) is 20.8. The molecule has 1 aliphatic heterocycles. The van der Waals surface area contributed by atoms with Crippen LogP contribution < -0.4 is 10.2 Å². The van der Waals surface area contributed by atoms with Crippen LogP contribution in [0.5, 0.6) is 0 Å². The molecule has 1 aromatic rings. The van der Waals surface area contributed by atoms with Crippen LogP contribution in [0, 0.1) is 0 Å². The third-order valence-corrected chi connectivity index (χ3v) is 3.91. The summed E-state index contributed by atoms with van der Waals surface area (Å²) in [5.74, 6) is 0. The number of nitrogens with zero attached hydrogens (tertiary/aromatic N) is 1. The quantitative estimate of drug-likeness (QED) is 0.877. The Morgan fingerprint density at radius 1 is 1.22 bits per heavy atom. The molecule has 100 valence electrons. The van der Waals surface area contributed by atoms with Crippen molar-refractivity contribution in [1.82, 2.24) is 5.32 Å². The first-order chi connectivity index (χ1) is 8.85. The van der Waals surface area contributed by atoms with Crippen molar-refractivity contribution in [2.75, 3.05) is 24.5 Å². The van der Waals surface area contributed by atoms with Crippen molar-refractivity contribution in [3.05, 3.63) is 29.8 Å². The van der Waals surface area contributed by atoms with Gasteiger partial charge in [0.25, 0.3) is 0 Å². The van der Waals surface area contributed by atoms with Gasteiger partial charge < -0.3 is 10.2 Å². The smallest absolute Gasteiger partial charge is 0.0399 e. The van der Waals surface area contributed by atoms with E-state index in [0.717, 1.165) is 13.1 Å². The van der Waals surface area contributed by atoms with Gasteiger partial charge in [0.05, 0.1) is 0 Å². The van der Waals surface area contributed by atoms with Crippen molar-refractivity contribution >= 4 is 5.69 Å². The highest BCUT2D eigenvalue weighted by atomic mass is 15.2. The van der Waals surface area contributed by atoms with Crippen LogP contribution in [0.4, 0.5) is 5.69 Å². The second kappa shape index (κ2) is 6.79. The van der Waals surface area contributed by atoms with Gasteiger partial charge in [-0.15, -0.1) is 0 Å². The molecule has 0 aliphatic carbocycles. The van der Waals surface area contributed by atoms with Gasteiger partial charge in [0.2, 0.25) is 0 Å². The molecule has 2 rings (SSSR count). The SMILES string of the molecule is CCCc1ccccc1N1CCNC(CC)CC1. The Hall–Kier alpha value is -1.02. The minimum absolute atomic E-state index is 0.702. The fourth-order valence-electron chi connectivity index (χ4n) is 2.82. The zero-order valence-electron chi connectivity index (χ0n) is 11.8. The average molecular weight is 246 g/mol. The molecule has 1 aliphatic rings. The highest BCUT2D eigenvalue weighted by Gasteiger charge is 2.16. The van der Waals surface area contributed by atoms with Crippen LogP contribution in [0.25, 0.3) is 0 Å². The van der Waals surface area contributed by atoms with Crippen LogP contribution in [-0.2, 0) is 6.42 Å². The molecule has 1 heterocycles. The summed E-state index contributed by atoms with van der Waals surface area (Å²) in [5.41, 5.74) is 2.97. The maximum Gasteiger partial charge on any atom is 0.0399 e. The van der Waals surface area contributed by atoms with E-state index in [1.807, 2.05) is 0 Å². The van der Waals surface area contributed by atoms with E-state index >= 15 is 0 Å². The molecule has 1 N–H and O–H groups in total. The molecule has 1 atom stereocenters. The highest BCUT2D eigenvalue weighted by molar-refractivity contribution is 5.53. The summed E-state index contributed by atoms with van der Waals surface area (Å²) >= 11 is 0. The minimum atomic E-state index is 0.702. The lowest BCUT2D eigenvalue weighted by Gasteiger charge is -2.25. The Labute approximate surface area is 111 Å². The summed E-state index contributed by atoms with van der Waals surface area (Å²) in [4.78, 5) is 2.56. The van der Waals surface area contributed by atoms with Crippen LogP contribution in [0.15, 0.2) is 24.3 Å². The van der Waals surface area contributed by atoms with Crippen LogP contribution in [0.3, 0.4) is 0 Å². The van der Waals surface area contributed by atoms with Gasteiger partial charge in [0.15, 0.2) is 0 Å². The zero-order chi connectivity index (χ0) is 12.8. The Morgan fingerprint density at radius 3 is 2.83 bits per heavy atom. The first-order valence-electron chi connectivity index (χ1n) is 7.41. The molecule has 0 aromatic heterocycles. The summed E-state index contributed by atoms with van der Waals surface area (Å²) in [6, 6.07) is 9.61. The highest BCUT2D eigenvalue weighted by Crippen LogP contribution is 2.23. The van der Waals surface area contributed by atoms with Crippen LogP contribution in [-0.4, -0.2) is 25.7 Å². The first kappa shape index (κ1) is 13.4. The van der Waals surface area contributed by atoms with Crippen molar-refractivity contribution in [1.29, 1.82) is 0 Å². The first-order valence-corrected chi connectivity index (χ1v) is 7.41. The Balaban J connectivity index is 2.10. The van der Waals surface area contributed by atoms with Crippen LogP contribution in [0.2, 0.25) is 0 Å². The predicted octanol–water partition coefficient (Wildman–Crippen LogP) is 3.22. The van der Waals surface area contributed by atoms with E-state index in [0.29, 0.717) is 6.04 Å². The van der Waals surface area contributed by atoms with Crippen molar-refractivity contribution in [2.45, 2.75) is 45.6 Å². The molecule has 18 heavy (non-hydrogen) atoms. The van der Waals surface area contributed by atoms with E-state index < -0.39 is 0 Å². The lowest BCUT2D eigenvalue weighted by atomic mass is 10.1. The second-order valence-corrected chi connectivity index (χ2v) is 5.21. The van der Waals surface area contributed by atoms with E-state index in [-0.39, 0.29) is 0 Å². The van der Waals surface area contributed by atoms with Gasteiger partial charge in [-0.3, -0.25) is 0 Å². The maximum atomic E-state index is 3.64. The molecule has 1 saturated heterocycles. The molecule has 0 saturated carbocycles. The van der Waals surface area contributed by atoms with E-state index in [1.165, 1.54) is 43.5 Å². The molecule has 0 bridgehead atoms. The average Bonchev–Trinajstić information content (AvgIpc) is 2.65. The molecule has 1 aromatic carbocycles. The Kier molecular flexibility index (Phi) is 5.06. The van der Waals surface area contributed by atoms with Gasteiger partial charge in [-0.2, -0.15) is 0 Å². The summed E-state index contributed by atoms with van der Waals surface area (Å²) in [6.45, 7) is 7.97. The zero-order valence-corrected chi connectivity index (χ0v) is 11.8. The largest absolute Gasteiger partial charge is 0.370 e. The Bertz CT molecular complexity index is 362. The van der Waals surface area contributed by atoms with Crippen molar-refractivity contribution in [2.24, 2.45) is 0 Å². The fourth-order valence-corrected chi connectivity index (χ4v) is 2.82. The molecular formula is C16H26N2. The van der Waals surface area contributed by atoms with Gasteiger partial charge in [-0.25, -0.2) is 0 Å². The van der Waals surface area contributed by atoms with Crippen molar-refractivity contribution in [3.63, 3.8) is 0 Å². The third-order valence-electron chi connectivity index (χ3n) is 3.91. The number of benzene rings is 1. The Morgan fingerprint density at radius 2 is 2.06 bits per heavy atom. The van der Waals surface area contributed by atoms with Gasteiger partial charge in [-0.1, -0.05) is 38.5 Å². The van der Waals surface area contributed by atoms with Gasteiger partial charge in [0, 0.05) is 31.4 Å². The molecule has 2 heteroatoms. The van der Waals surface area contributed by atoms with E-state index in [9.17, 15) is 0 Å². The van der Waals surface area contributed by atoms with Crippen molar-refractivity contribution < 1.29 is 0 Å². The van der Waals surface area contributed by atoms with E-state index in [4.69, 9.17) is 0 Å². The molecule has 0 spiro atoms. The summed E-state index contributed by atoms with van der Waals surface area (Å²) in [6.07, 6.45) is 4.92. The van der Waals surface area contributed by atoms with Gasteiger partial charge >= 0.3 is 0 Å². The number of hydrogen-bond acceptors (Lipinski definition) is 2. The minimum Gasteiger partial charge on any atom is -0.370 e. The maximum absolute atomic E-state index is 3.64. The summed E-state index contributed by atoms with van der Waals surface area (Å²) in [7, 11) is 0. The predicted molar refractivity (Wildman–Crippen MR) is 79.3 cm³/mol. The summed E-state index contributed by atoms with van der Waals surface area (Å²) < 4.78 is 0. The number of para-hydroxylation sites is 1. The third kappa shape index (κ3) is 3.26. The second-order valence-electron chi connectivity index (χ2n) is 5.21. The topological polar surface area (TPSA) is 15.3 Å². The fraction of sp³-hybridized carbons (Fsp3) is 0.625. The molecule has 1 unspecified atom stereocenters. The van der Waals surface area contributed by atoms with E-state index in [2.05, 4.69) is 48.3 Å². The van der Waals surface area contributed by atoms with Gasteiger partial charge in [-0.05, 0) is 30.9 Å². The number of aryl methyl sites for hydroxylation is 1.